The molecule has 0 bridgehead atoms. The Morgan fingerprint density at radius 2 is 1.67 bits per heavy atom. The van der Waals surface area contributed by atoms with E-state index in [2.05, 4.69) is 5.10 Å². The van der Waals surface area contributed by atoms with Gasteiger partial charge in [0.1, 0.15) is 29.6 Å². The summed E-state index contributed by atoms with van der Waals surface area (Å²) >= 11 is 5.90. The molecule has 0 aliphatic heterocycles. The van der Waals surface area contributed by atoms with E-state index in [1.54, 1.807) is 24.3 Å². The van der Waals surface area contributed by atoms with Crippen LogP contribution in [0.4, 0.5) is 17.6 Å². The summed E-state index contributed by atoms with van der Waals surface area (Å²) in [6.45, 7) is 0.145. The van der Waals surface area contributed by atoms with Gasteiger partial charge in [-0.15, -0.1) is 0 Å². The number of halogens is 5. The lowest BCUT2D eigenvalue weighted by Gasteiger charge is -2.16. The SMILES string of the molecule is Cn1nc(-c2ccc(OCc3ccc(Cl)cc3)c(-c3ccc(F)cc3)c2O)cc1C(F)(F)F. The maximum atomic E-state index is 13.5. The van der Waals surface area contributed by atoms with Gasteiger partial charge < -0.3 is 9.84 Å². The second-order valence-corrected chi connectivity index (χ2v) is 7.73. The van der Waals surface area contributed by atoms with Crippen LogP contribution in [0.5, 0.6) is 11.5 Å². The lowest BCUT2D eigenvalue weighted by atomic mass is 9.98. The maximum absolute atomic E-state index is 13.5. The third kappa shape index (κ3) is 4.80. The molecule has 3 aromatic carbocycles. The van der Waals surface area contributed by atoms with Crippen LogP contribution in [0.3, 0.4) is 0 Å². The Kier molecular flexibility index (Phi) is 6.03. The molecule has 9 heteroatoms. The number of nitrogens with zero attached hydrogens (tertiary/aromatic N) is 2. The summed E-state index contributed by atoms with van der Waals surface area (Å²) in [7, 11) is 1.17. The monoisotopic (exact) mass is 476 g/mol. The van der Waals surface area contributed by atoms with Crippen LogP contribution in [-0.2, 0) is 19.8 Å². The number of rotatable bonds is 5. The number of benzene rings is 3. The highest BCUT2D eigenvalue weighted by molar-refractivity contribution is 6.30. The number of phenolic OH excluding ortho intramolecular Hbond substituents is 1. The van der Waals surface area contributed by atoms with Crippen LogP contribution < -0.4 is 4.74 Å². The highest BCUT2D eigenvalue weighted by Gasteiger charge is 2.35. The minimum Gasteiger partial charge on any atom is -0.506 e. The van der Waals surface area contributed by atoms with Crippen molar-refractivity contribution < 1.29 is 27.4 Å². The van der Waals surface area contributed by atoms with Crippen LogP contribution in [0.15, 0.2) is 66.7 Å². The zero-order valence-electron chi connectivity index (χ0n) is 17.2. The molecule has 170 valence electrons. The average Bonchev–Trinajstić information content (AvgIpc) is 3.16. The summed E-state index contributed by atoms with van der Waals surface area (Å²) in [6.07, 6.45) is -4.60. The van der Waals surface area contributed by atoms with Crippen LogP contribution in [0.1, 0.15) is 11.3 Å². The number of aromatic hydroxyl groups is 1. The van der Waals surface area contributed by atoms with E-state index in [0.29, 0.717) is 15.3 Å². The molecule has 0 saturated carbocycles. The van der Waals surface area contributed by atoms with E-state index < -0.39 is 17.7 Å². The number of phenols is 1. The molecule has 1 heterocycles. The standard InChI is InChI=1S/C24H17ClF4N2O2/c1-31-21(24(27,28)29)12-19(30-31)18-10-11-20(33-13-14-2-6-16(25)7-3-14)22(23(18)32)15-4-8-17(26)9-5-15/h2-12,32H,13H2,1H3. The highest BCUT2D eigenvalue weighted by Crippen LogP contribution is 2.45. The summed E-state index contributed by atoms with van der Waals surface area (Å²) in [5, 5.41) is 15.5. The van der Waals surface area contributed by atoms with Crippen molar-refractivity contribution in [1.82, 2.24) is 9.78 Å². The van der Waals surface area contributed by atoms with E-state index in [4.69, 9.17) is 16.3 Å². The van der Waals surface area contributed by atoms with Gasteiger partial charge in [-0.2, -0.15) is 18.3 Å². The van der Waals surface area contributed by atoms with Crippen LogP contribution >= 0.6 is 11.6 Å². The van der Waals surface area contributed by atoms with Crippen molar-refractivity contribution in [3.05, 3.63) is 88.8 Å². The molecule has 0 aliphatic carbocycles. The van der Waals surface area contributed by atoms with E-state index in [9.17, 15) is 22.7 Å². The zero-order valence-corrected chi connectivity index (χ0v) is 18.0. The first-order valence-electron chi connectivity index (χ1n) is 9.74. The van der Waals surface area contributed by atoms with Gasteiger partial charge in [0, 0.05) is 17.6 Å². The van der Waals surface area contributed by atoms with Crippen LogP contribution in [-0.4, -0.2) is 14.9 Å². The van der Waals surface area contributed by atoms with E-state index in [1.807, 2.05) is 0 Å². The van der Waals surface area contributed by atoms with Crippen molar-refractivity contribution in [1.29, 1.82) is 0 Å². The molecule has 0 saturated heterocycles. The minimum absolute atomic E-state index is 0.0602. The van der Waals surface area contributed by atoms with Gasteiger partial charge in [-0.25, -0.2) is 4.39 Å². The number of alkyl halides is 3. The first-order valence-corrected chi connectivity index (χ1v) is 10.1. The Hall–Kier alpha value is -3.52. The first kappa shape index (κ1) is 22.7. The average molecular weight is 477 g/mol. The van der Waals surface area contributed by atoms with Gasteiger partial charge in [0.15, 0.2) is 0 Å². The molecule has 33 heavy (non-hydrogen) atoms. The molecule has 0 unspecified atom stereocenters. The third-order valence-electron chi connectivity index (χ3n) is 5.03. The first-order chi connectivity index (χ1) is 15.6. The van der Waals surface area contributed by atoms with Gasteiger partial charge in [0.05, 0.1) is 11.3 Å². The van der Waals surface area contributed by atoms with Gasteiger partial charge in [0.2, 0.25) is 0 Å². The van der Waals surface area contributed by atoms with Crippen molar-refractivity contribution in [3.63, 3.8) is 0 Å². The van der Waals surface area contributed by atoms with E-state index >= 15 is 0 Å². The van der Waals surface area contributed by atoms with Crippen molar-refractivity contribution in [2.24, 2.45) is 7.05 Å². The number of aromatic nitrogens is 2. The van der Waals surface area contributed by atoms with Crippen LogP contribution in [0.2, 0.25) is 5.02 Å². The summed E-state index contributed by atoms with van der Waals surface area (Å²) < 4.78 is 59.8. The molecule has 0 atom stereocenters. The number of hydrogen-bond donors (Lipinski definition) is 1. The lowest BCUT2D eigenvalue weighted by molar-refractivity contribution is -0.143. The van der Waals surface area contributed by atoms with E-state index in [1.165, 1.54) is 43.4 Å². The summed E-state index contributed by atoms with van der Waals surface area (Å²) in [5.41, 5.74) is 0.513. The molecule has 1 N–H and O–H groups in total. The molecule has 0 amide bonds. The Bertz CT molecular complexity index is 1280. The molecule has 0 radical (unpaired) electrons. The fraction of sp³-hybridized carbons (Fsp3) is 0.125. The predicted octanol–water partition coefficient (Wildman–Crippen LogP) is 6.85. The van der Waals surface area contributed by atoms with Gasteiger partial charge in [-0.3, -0.25) is 4.68 Å². The summed E-state index contributed by atoms with van der Waals surface area (Å²) in [4.78, 5) is 0. The zero-order chi connectivity index (χ0) is 23.8. The van der Waals surface area contributed by atoms with Gasteiger partial charge in [-0.05, 0) is 53.6 Å². The number of hydrogen-bond acceptors (Lipinski definition) is 3. The highest BCUT2D eigenvalue weighted by atomic mass is 35.5. The molecule has 4 aromatic rings. The second-order valence-electron chi connectivity index (χ2n) is 7.29. The maximum Gasteiger partial charge on any atom is 0.433 e. The third-order valence-corrected chi connectivity index (χ3v) is 5.28. The predicted molar refractivity (Wildman–Crippen MR) is 116 cm³/mol. The fourth-order valence-electron chi connectivity index (χ4n) is 3.40. The number of ether oxygens (including phenoxy) is 1. The van der Waals surface area contributed by atoms with Gasteiger partial charge >= 0.3 is 6.18 Å². The summed E-state index contributed by atoms with van der Waals surface area (Å²) in [5.74, 6) is -0.538. The normalized spacial score (nSPS) is 11.6. The Labute approximate surface area is 191 Å². The lowest BCUT2D eigenvalue weighted by Crippen LogP contribution is -2.11. The molecule has 1 aromatic heterocycles. The Morgan fingerprint density at radius 1 is 1.00 bits per heavy atom. The van der Waals surface area contributed by atoms with Crippen molar-refractivity contribution in [2.75, 3.05) is 0 Å². The summed E-state index contributed by atoms with van der Waals surface area (Å²) in [6, 6.07) is 16.1. The Balaban J connectivity index is 1.79. The fourth-order valence-corrected chi connectivity index (χ4v) is 3.53. The Morgan fingerprint density at radius 3 is 2.27 bits per heavy atom. The smallest absolute Gasteiger partial charge is 0.433 e. The van der Waals surface area contributed by atoms with Crippen LogP contribution in [0.25, 0.3) is 22.4 Å². The largest absolute Gasteiger partial charge is 0.506 e. The topological polar surface area (TPSA) is 47.3 Å². The van der Waals surface area contributed by atoms with Gasteiger partial charge in [0.25, 0.3) is 0 Å². The molecule has 4 nitrogen and oxygen atoms in total. The molecule has 4 rings (SSSR count). The molecular weight excluding hydrogens is 460 g/mol. The van der Waals surface area contributed by atoms with Crippen LogP contribution in [0, 0.1) is 5.82 Å². The minimum atomic E-state index is -4.60. The van der Waals surface area contributed by atoms with Crippen molar-refractivity contribution in [2.45, 2.75) is 12.8 Å². The molecular formula is C24H17ClF4N2O2. The van der Waals surface area contributed by atoms with Gasteiger partial charge in [-0.1, -0.05) is 35.9 Å². The molecule has 0 spiro atoms. The molecule has 0 fully saturated rings. The van der Waals surface area contributed by atoms with E-state index in [0.717, 1.165) is 11.6 Å². The van der Waals surface area contributed by atoms with E-state index in [-0.39, 0.29) is 34.9 Å². The van der Waals surface area contributed by atoms with Crippen molar-refractivity contribution in [3.8, 4) is 33.9 Å². The quantitative estimate of drug-likeness (QED) is 0.320. The van der Waals surface area contributed by atoms with Crippen molar-refractivity contribution >= 4 is 11.6 Å². The number of aryl methyl sites for hydroxylation is 1. The second kappa shape index (κ2) is 8.78. The molecule has 0 aliphatic rings.